The van der Waals surface area contributed by atoms with Crippen molar-refractivity contribution in [3.05, 3.63) is 59.8 Å². The van der Waals surface area contributed by atoms with Gasteiger partial charge in [-0.25, -0.2) is 0 Å². The van der Waals surface area contributed by atoms with Crippen LogP contribution in [0.4, 0.5) is 5.69 Å². The third-order valence-electron chi connectivity index (χ3n) is 4.28. The number of anilines is 1. The van der Waals surface area contributed by atoms with Gasteiger partial charge < -0.3 is 24.2 Å². The van der Waals surface area contributed by atoms with Gasteiger partial charge in [-0.15, -0.1) is 0 Å². The highest BCUT2D eigenvalue weighted by molar-refractivity contribution is 5.95. The third kappa shape index (κ3) is 4.25. The van der Waals surface area contributed by atoms with Crippen molar-refractivity contribution < 1.29 is 18.8 Å². The average molecular weight is 381 g/mol. The van der Waals surface area contributed by atoms with E-state index in [4.69, 9.17) is 14.0 Å². The van der Waals surface area contributed by atoms with Crippen LogP contribution in [0.5, 0.6) is 11.5 Å². The summed E-state index contributed by atoms with van der Waals surface area (Å²) < 4.78 is 16.0. The van der Waals surface area contributed by atoms with Crippen LogP contribution < -0.4 is 19.7 Å². The van der Waals surface area contributed by atoms with Gasteiger partial charge in [0.05, 0.1) is 20.8 Å². The van der Waals surface area contributed by atoms with Gasteiger partial charge in [0, 0.05) is 37.0 Å². The van der Waals surface area contributed by atoms with Crippen molar-refractivity contribution in [2.75, 3.05) is 33.2 Å². The number of carbonyl (C=O) groups excluding carboxylic acids is 1. The quantitative estimate of drug-likeness (QED) is 0.676. The highest BCUT2D eigenvalue weighted by Crippen LogP contribution is 2.32. The molecule has 3 aromatic rings. The minimum atomic E-state index is -0.167. The van der Waals surface area contributed by atoms with Crippen molar-refractivity contribution in [3.8, 4) is 22.8 Å². The minimum absolute atomic E-state index is 0.167. The summed E-state index contributed by atoms with van der Waals surface area (Å²) in [5, 5.41) is 6.89. The largest absolute Gasteiger partial charge is 0.493 e. The molecule has 0 bridgehead atoms. The Morgan fingerprint density at radius 3 is 2.57 bits per heavy atom. The molecule has 0 unspecified atom stereocenters. The fourth-order valence-corrected chi connectivity index (χ4v) is 2.72. The number of nitrogens with one attached hydrogen (secondary N) is 1. The molecule has 1 amide bonds. The van der Waals surface area contributed by atoms with Gasteiger partial charge in [-0.05, 0) is 36.4 Å². The lowest BCUT2D eigenvalue weighted by Crippen LogP contribution is -2.23. The molecule has 0 fully saturated rings. The van der Waals surface area contributed by atoms with Crippen LogP contribution in [-0.4, -0.2) is 39.4 Å². The summed E-state index contributed by atoms with van der Waals surface area (Å²) in [6, 6.07) is 14.7. The molecule has 0 saturated heterocycles. The topological polar surface area (TPSA) is 76.8 Å². The number of benzene rings is 2. The number of rotatable bonds is 7. The molecule has 28 heavy (non-hydrogen) atoms. The number of hydrogen-bond donors (Lipinski definition) is 1. The maximum Gasteiger partial charge on any atom is 0.251 e. The van der Waals surface area contributed by atoms with Crippen LogP contribution in [0.2, 0.25) is 0 Å². The maximum absolute atomic E-state index is 12.4. The first kappa shape index (κ1) is 19.3. The van der Waals surface area contributed by atoms with Crippen LogP contribution in [-0.2, 0) is 6.54 Å². The molecule has 0 saturated carbocycles. The molecular formula is C21H23N3O4. The lowest BCUT2D eigenvalue weighted by Gasteiger charge is -2.13. The van der Waals surface area contributed by atoms with Crippen molar-refractivity contribution in [1.29, 1.82) is 0 Å². The lowest BCUT2D eigenvalue weighted by molar-refractivity contribution is 0.0950. The Kier molecular flexibility index (Phi) is 5.84. The summed E-state index contributed by atoms with van der Waals surface area (Å²) in [6.07, 6.45) is 0. The van der Waals surface area contributed by atoms with Crippen molar-refractivity contribution >= 4 is 11.6 Å². The Morgan fingerprint density at radius 1 is 1.07 bits per heavy atom. The summed E-state index contributed by atoms with van der Waals surface area (Å²) >= 11 is 0. The zero-order valence-corrected chi connectivity index (χ0v) is 16.4. The lowest BCUT2D eigenvalue weighted by atomic mass is 10.1. The predicted molar refractivity (Wildman–Crippen MR) is 107 cm³/mol. The summed E-state index contributed by atoms with van der Waals surface area (Å²) in [6.45, 7) is 0.266. The van der Waals surface area contributed by atoms with Crippen molar-refractivity contribution in [2.24, 2.45) is 0 Å². The van der Waals surface area contributed by atoms with Crippen LogP contribution in [0, 0.1) is 0 Å². The van der Waals surface area contributed by atoms with Gasteiger partial charge >= 0.3 is 0 Å². The van der Waals surface area contributed by atoms with Crippen molar-refractivity contribution in [2.45, 2.75) is 6.54 Å². The number of amides is 1. The van der Waals surface area contributed by atoms with Crippen LogP contribution in [0.25, 0.3) is 11.3 Å². The van der Waals surface area contributed by atoms with Gasteiger partial charge in [0.15, 0.2) is 17.3 Å². The Balaban J connectivity index is 1.68. The summed E-state index contributed by atoms with van der Waals surface area (Å²) in [5.41, 5.74) is 2.99. The standard InChI is InChI=1S/C21H23N3O4/c1-24(2)17-7-5-6-15(10-17)21(25)22-13-16-12-19(28-23-16)14-8-9-18(26-3)20(11-14)27-4/h5-12H,13H2,1-4H3,(H,22,25). The minimum Gasteiger partial charge on any atom is -0.493 e. The van der Waals surface area contributed by atoms with E-state index < -0.39 is 0 Å². The van der Waals surface area contributed by atoms with E-state index in [0.29, 0.717) is 28.5 Å². The Bertz CT molecular complexity index is 966. The monoisotopic (exact) mass is 381 g/mol. The van der Waals surface area contributed by atoms with Crippen LogP contribution >= 0.6 is 0 Å². The maximum atomic E-state index is 12.4. The van der Waals surface area contributed by atoms with Gasteiger partial charge in [-0.2, -0.15) is 0 Å². The average Bonchev–Trinajstić information content (AvgIpc) is 3.20. The molecule has 7 heteroatoms. The first-order chi connectivity index (χ1) is 13.5. The fraction of sp³-hybridized carbons (Fsp3) is 0.238. The molecule has 0 atom stereocenters. The molecule has 1 heterocycles. The highest BCUT2D eigenvalue weighted by atomic mass is 16.5. The van der Waals surface area contributed by atoms with E-state index in [1.54, 1.807) is 32.4 Å². The molecule has 0 aliphatic rings. The van der Waals surface area contributed by atoms with Gasteiger partial charge in [-0.1, -0.05) is 11.2 Å². The zero-order valence-electron chi connectivity index (χ0n) is 16.4. The van der Waals surface area contributed by atoms with Crippen LogP contribution in [0.15, 0.2) is 53.1 Å². The summed E-state index contributed by atoms with van der Waals surface area (Å²) in [5.74, 6) is 1.66. The SMILES string of the molecule is COc1ccc(-c2cc(CNC(=O)c3cccc(N(C)C)c3)no2)cc1OC. The van der Waals surface area contributed by atoms with E-state index in [-0.39, 0.29) is 12.5 Å². The smallest absolute Gasteiger partial charge is 0.251 e. The summed E-state index contributed by atoms with van der Waals surface area (Å²) in [7, 11) is 7.03. The third-order valence-corrected chi connectivity index (χ3v) is 4.28. The molecule has 2 aromatic carbocycles. The molecule has 0 aliphatic heterocycles. The van der Waals surface area contributed by atoms with Gasteiger partial charge in [0.1, 0.15) is 5.69 Å². The number of ether oxygens (including phenoxy) is 2. The van der Waals surface area contributed by atoms with Gasteiger partial charge in [-0.3, -0.25) is 4.79 Å². The molecule has 146 valence electrons. The highest BCUT2D eigenvalue weighted by Gasteiger charge is 2.12. The van der Waals surface area contributed by atoms with Crippen molar-refractivity contribution in [1.82, 2.24) is 10.5 Å². The molecule has 0 aliphatic carbocycles. The number of nitrogens with zero attached hydrogens (tertiary/aromatic N) is 2. The number of methoxy groups -OCH3 is 2. The molecule has 1 N–H and O–H groups in total. The number of carbonyl (C=O) groups is 1. The Labute approximate surface area is 163 Å². The first-order valence-corrected chi connectivity index (χ1v) is 8.75. The van der Waals surface area contributed by atoms with E-state index in [1.807, 2.05) is 49.3 Å². The molecule has 3 rings (SSSR count). The van der Waals surface area contributed by atoms with E-state index in [2.05, 4.69) is 10.5 Å². The Hall–Kier alpha value is -3.48. The van der Waals surface area contributed by atoms with Gasteiger partial charge in [0.2, 0.25) is 0 Å². The molecular weight excluding hydrogens is 358 g/mol. The van der Waals surface area contributed by atoms with Crippen LogP contribution in [0.3, 0.4) is 0 Å². The first-order valence-electron chi connectivity index (χ1n) is 8.75. The van der Waals surface area contributed by atoms with Gasteiger partial charge in [0.25, 0.3) is 5.91 Å². The molecule has 1 aromatic heterocycles. The number of aromatic nitrogens is 1. The summed E-state index contributed by atoms with van der Waals surface area (Å²) in [4.78, 5) is 14.4. The van der Waals surface area contributed by atoms with E-state index >= 15 is 0 Å². The predicted octanol–water partition coefficient (Wildman–Crippen LogP) is 3.35. The van der Waals surface area contributed by atoms with E-state index in [0.717, 1.165) is 11.3 Å². The molecule has 7 nitrogen and oxygen atoms in total. The zero-order chi connectivity index (χ0) is 20.1. The van der Waals surface area contributed by atoms with E-state index in [9.17, 15) is 4.79 Å². The molecule has 0 radical (unpaired) electrons. The second-order valence-corrected chi connectivity index (χ2v) is 6.38. The molecule has 0 spiro atoms. The van der Waals surface area contributed by atoms with E-state index in [1.165, 1.54) is 0 Å². The Morgan fingerprint density at radius 2 is 1.86 bits per heavy atom. The second-order valence-electron chi connectivity index (χ2n) is 6.38. The fourth-order valence-electron chi connectivity index (χ4n) is 2.72. The van der Waals surface area contributed by atoms with Crippen LogP contribution in [0.1, 0.15) is 16.1 Å². The normalized spacial score (nSPS) is 10.4. The van der Waals surface area contributed by atoms with Crippen molar-refractivity contribution in [3.63, 3.8) is 0 Å². The second kappa shape index (κ2) is 8.47. The number of hydrogen-bond acceptors (Lipinski definition) is 6.